The summed E-state index contributed by atoms with van der Waals surface area (Å²) in [5.74, 6) is -0.0693. The van der Waals surface area contributed by atoms with Crippen LogP contribution < -0.4 is 5.56 Å². The van der Waals surface area contributed by atoms with E-state index in [-0.39, 0.29) is 24.1 Å². The predicted octanol–water partition coefficient (Wildman–Crippen LogP) is 2.67. The van der Waals surface area contributed by atoms with Crippen molar-refractivity contribution in [3.05, 3.63) is 75.2 Å². The molecule has 2 heterocycles. The number of aromatic nitrogens is 2. The lowest BCUT2D eigenvalue weighted by Crippen LogP contribution is -2.50. The summed E-state index contributed by atoms with van der Waals surface area (Å²) in [5, 5.41) is 0.502. The second kappa shape index (κ2) is 7.85. The van der Waals surface area contributed by atoms with Gasteiger partial charge in [0.2, 0.25) is 5.91 Å². The number of amides is 1. The van der Waals surface area contributed by atoms with E-state index in [0.29, 0.717) is 17.4 Å². The van der Waals surface area contributed by atoms with Gasteiger partial charge in [0.25, 0.3) is 5.56 Å². The van der Waals surface area contributed by atoms with Crippen molar-refractivity contribution in [2.24, 2.45) is 0 Å². The van der Waals surface area contributed by atoms with E-state index in [1.807, 2.05) is 41.3 Å². The molecular formula is C21H21BrN4O2. The summed E-state index contributed by atoms with van der Waals surface area (Å²) in [6, 6.07) is 15.4. The summed E-state index contributed by atoms with van der Waals surface area (Å²) >= 11 is 3.39. The minimum Gasteiger partial charge on any atom is -0.332 e. The van der Waals surface area contributed by atoms with Crippen molar-refractivity contribution in [3.8, 4) is 0 Å². The van der Waals surface area contributed by atoms with Gasteiger partial charge in [0.15, 0.2) is 0 Å². The molecule has 1 amide bonds. The van der Waals surface area contributed by atoms with Gasteiger partial charge in [0.05, 0.1) is 23.3 Å². The zero-order chi connectivity index (χ0) is 19.7. The van der Waals surface area contributed by atoms with Crippen LogP contribution >= 0.6 is 15.9 Å². The van der Waals surface area contributed by atoms with E-state index in [1.165, 1.54) is 10.9 Å². The highest BCUT2D eigenvalue weighted by molar-refractivity contribution is 9.10. The molecule has 0 unspecified atom stereocenters. The summed E-state index contributed by atoms with van der Waals surface area (Å²) in [6.45, 7) is 2.21. The zero-order valence-corrected chi connectivity index (χ0v) is 17.2. The molecule has 0 aliphatic carbocycles. The van der Waals surface area contributed by atoms with Crippen LogP contribution in [0.4, 0.5) is 0 Å². The first-order valence-corrected chi connectivity index (χ1v) is 10.00. The van der Waals surface area contributed by atoms with Crippen molar-refractivity contribution < 1.29 is 4.79 Å². The highest BCUT2D eigenvalue weighted by Gasteiger charge is 2.30. The van der Waals surface area contributed by atoms with Crippen molar-refractivity contribution in [1.29, 1.82) is 0 Å². The van der Waals surface area contributed by atoms with E-state index in [4.69, 9.17) is 0 Å². The highest BCUT2D eigenvalue weighted by atomic mass is 79.9. The van der Waals surface area contributed by atoms with Crippen LogP contribution in [-0.2, 0) is 11.3 Å². The Balaban J connectivity index is 1.63. The number of piperazine rings is 1. The van der Waals surface area contributed by atoms with E-state index in [1.54, 1.807) is 12.1 Å². The molecule has 1 aliphatic rings. The third kappa shape index (κ3) is 3.72. The topological polar surface area (TPSA) is 58.4 Å². The van der Waals surface area contributed by atoms with Crippen LogP contribution in [0.3, 0.4) is 0 Å². The predicted molar refractivity (Wildman–Crippen MR) is 112 cm³/mol. The van der Waals surface area contributed by atoms with E-state index in [0.717, 1.165) is 23.1 Å². The fraction of sp³-hybridized carbons (Fsp3) is 0.286. The SMILES string of the molecule is CN1CCN(C(=O)Cn2cnc3ccc(Br)cc3c2=O)[C@H](c2ccccc2)C1. The lowest BCUT2D eigenvalue weighted by molar-refractivity contribution is -0.136. The van der Waals surface area contributed by atoms with Crippen LogP contribution in [0.25, 0.3) is 10.9 Å². The van der Waals surface area contributed by atoms with Crippen molar-refractivity contribution in [2.75, 3.05) is 26.7 Å². The smallest absolute Gasteiger partial charge is 0.261 e. The molecule has 4 rings (SSSR count). The second-order valence-electron chi connectivity index (χ2n) is 7.11. The molecule has 144 valence electrons. The zero-order valence-electron chi connectivity index (χ0n) is 15.6. The highest BCUT2D eigenvalue weighted by Crippen LogP contribution is 2.25. The Morgan fingerprint density at radius 3 is 2.75 bits per heavy atom. The molecule has 2 aromatic carbocycles. The number of hydrogen-bond donors (Lipinski definition) is 0. The number of nitrogens with zero attached hydrogens (tertiary/aromatic N) is 4. The Morgan fingerprint density at radius 1 is 1.18 bits per heavy atom. The summed E-state index contributed by atoms with van der Waals surface area (Å²) in [7, 11) is 2.06. The average molecular weight is 441 g/mol. The number of fused-ring (bicyclic) bond motifs is 1. The minimum atomic E-state index is -0.204. The summed E-state index contributed by atoms with van der Waals surface area (Å²) < 4.78 is 2.21. The normalized spacial score (nSPS) is 17.8. The summed E-state index contributed by atoms with van der Waals surface area (Å²) in [6.07, 6.45) is 1.46. The molecule has 1 saturated heterocycles. The Morgan fingerprint density at radius 2 is 1.96 bits per heavy atom. The maximum absolute atomic E-state index is 13.1. The molecule has 28 heavy (non-hydrogen) atoms. The summed E-state index contributed by atoms with van der Waals surface area (Å²) in [4.78, 5) is 34.4. The lowest BCUT2D eigenvalue weighted by atomic mass is 10.0. The van der Waals surface area contributed by atoms with Crippen molar-refractivity contribution in [2.45, 2.75) is 12.6 Å². The number of likely N-dealkylation sites (N-methyl/N-ethyl adjacent to an activating group) is 1. The fourth-order valence-electron chi connectivity index (χ4n) is 3.66. The largest absolute Gasteiger partial charge is 0.332 e. The Kier molecular flexibility index (Phi) is 5.28. The van der Waals surface area contributed by atoms with Gasteiger partial charge in [0, 0.05) is 24.1 Å². The maximum atomic E-state index is 13.1. The van der Waals surface area contributed by atoms with Crippen molar-refractivity contribution >= 4 is 32.7 Å². The molecule has 6 nitrogen and oxygen atoms in total. The molecule has 1 aliphatic heterocycles. The van der Waals surface area contributed by atoms with Crippen LogP contribution in [0, 0.1) is 0 Å². The molecule has 0 bridgehead atoms. The molecule has 0 saturated carbocycles. The fourth-order valence-corrected chi connectivity index (χ4v) is 4.02. The quantitative estimate of drug-likeness (QED) is 0.627. The molecule has 3 aromatic rings. The van der Waals surface area contributed by atoms with Gasteiger partial charge in [-0.15, -0.1) is 0 Å². The molecule has 0 radical (unpaired) electrons. The van der Waals surface area contributed by atoms with Crippen LogP contribution in [0.15, 0.2) is 64.1 Å². The van der Waals surface area contributed by atoms with Gasteiger partial charge in [-0.25, -0.2) is 4.98 Å². The lowest BCUT2D eigenvalue weighted by Gasteiger charge is -2.40. The Bertz CT molecular complexity index is 1070. The Hall–Kier alpha value is -2.51. The first kappa shape index (κ1) is 18.8. The average Bonchev–Trinajstić information content (AvgIpc) is 2.71. The molecule has 0 N–H and O–H groups in total. The molecular weight excluding hydrogens is 420 g/mol. The number of rotatable bonds is 3. The van der Waals surface area contributed by atoms with E-state index in [9.17, 15) is 9.59 Å². The minimum absolute atomic E-state index is 0.0126. The first-order valence-electron chi connectivity index (χ1n) is 9.20. The van der Waals surface area contributed by atoms with Crippen LogP contribution in [-0.4, -0.2) is 51.9 Å². The monoisotopic (exact) mass is 440 g/mol. The van der Waals surface area contributed by atoms with E-state index in [2.05, 4.69) is 32.9 Å². The standard InChI is InChI=1S/C21H21BrN4O2/c1-24-9-10-26(19(12-24)15-5-3-2-4-6-15)20(27)13-25-14-23-18-8-7-16(22)11-17(18)21(25)28/h2-8,11,14,19H,9-10,12-13H2,1H3/t19-/m0/s1. The Labute approximate surface area is 171 Å². The van der Waals surface area contributed by atoms with Crippen LogP contribution in [0.2, 0.25) is 0 Å². The third-order valence-corrected chi connectivity index (χ3v) is 5.67. The van der Waals surface area contributed by atoms with Gasteiger partial charge in [-0.1, -0.05) is 46.3 Å². The van der Waals surface area contributed by atoms with Gasteiger partial charge >= 0.3 is 0 Å². The molecule has 7 heteroatoms. The van der Waals surface area contributed by atoms with E-state index < -0.39 is 0 Å². The van der Waals surface area contributed by atoms with Crippen LogP contribution in [0.1, 0.15) is 11.6 Å². The molecule has 1 atom stereocenters. The molecule has 1 aromatic heterocycles. The third-order valence-electron chi connectivity index (χ3n) is 5.18. The van der Waals surface area contributed by atoms with Gasteiger partial charge < -0.3 is 9.80 Å². The maximum Gasteiger partial charge on any atom is 0.261 e. The van der Waals surface area contributed by atoms with Crippen molar-refractivity contribution in [1.82, 2.24) is 19.4 Å². The number of halogens is 1. The second-order valence-corrected chi connectivity index (χ2v) is 8.03. The van der Waals surface area contributed by atoms with Crippen molar-refractivity contribution in [3.63, 3.8) is 0 Å². The number of carbonyl (C=O) groups is 1. The molecule has 1 fully saturated rings. The number of benzene rings is 2. The number of hydrogen-bond acceptors (Lipinski definition) is 4. The van der Waals surface area contributed by atoms with Gasteiger partial charge in [-0.2, -0.15) is 0 Å². The first-order chi connectivity index (χ1) is 13.5. The van der Waals surface area contributed by atoms with E-state index >= 15 is 0 Å². The summed E-state index contributed by atoms with van der Waals surface area (Å²) in [5.41, 5.74) is 1.53. The van der Waals surface area contributed by atoms with Gasteiger partial charge in [-0.05, 0) is 30.8 Å². The number of carbonyl (C=O) groups excluding carboxylic acids is 1. The van der Waals surface area contributed by atoms with Gasteiger partial charge in [-0.3, -0.25) is 14.2 Å². The molecule has 0 spiro atoms. The van der Waals surface area contributed by atoms with Crippen LogP contribution in [0.5, 0.6) is 0 Å². The van der Waals surface area contributed by atoms with Gasteiger partial charge in [0.1, 0.15) is 6.54 Å².